The van der Waals surface area contributed by atoms with E-state index in [4.69, 9.17) is 11.6 Å². The summed E-state index contributed by atoms with van der Waals surface area (Å²) in [6.45, 7) is 3.19. The molecule has 3 fully saturated rings. The normalized spacial score (nSPS) is 28.9. The molecule has 2 N–H and O–H groups in total. The number of halogens is 1. The maximum Gasteiger partial charge on any atom is 0.270 e. The molecule has 0 aliphatic carbocycles. The maximum atomic E-state index is 12.2. The van der Waals surface area contributed by atoms with E-state index in [0.29, 0.717) is 0 Å². The van der Waals surface area contributed by atoms with Gasteiger partial charge in [0.25, 0.3) is 5.91 Å². The molecule has 0 radical (unpaired) electrons. The van der Waals surface area contributed by atoms with Crippen LogP contribution in [-0.2, 0) is 0 Å². The highest BCUT2D eigenvalue weighted by Crippen LogP contribution is 2.27. The van der Waals surface area contributed by atoms with Crippen molar-refractivity contribution in [3.63, 3.8) is 0 Å². The van der Waals surface area contributed by atoms with Crippen LogP contribution < -0.4 is 5.32 Å². The molecule has 0 saturated carbocycles. The van der Waals surface area contributed by atoms with Crippen molar-refractivity contribution < 1.29 is 9.90 Å². The third-order valence-corrected chi connectivity index (χ3v) is 4.51. The average Bonchev–Trinajstić information content (AvgIpc) is 2.74. The first-order chi connectivity index (χ1) is 9.61. The fourth-order valence-corrected chi connectivity index (χ4v) is 3.26. The first-order valence-corrected chi connectivity index (χ1v) is 7.37. The molecule has 0 unspecified atom stereocenters. The number of hydrogen-bond acceptors (Lipinski definition) is 4. The number of hydrogen-bond donors (Lipinski definition) is 2. The Hall–Kier alpha value is -1.33. The summed E-state index contributed by atoms with van der Waals surface area (Å²) in [5, 5.41) is 12.5. The van der Waals surface area contributed by atoms with Crippen LogP contribution in [0.2, 0.25) is 5.02 Å². The number of carbonyl (C=O) groups excluding carboxylic acids is 1. The minimum atomic E-state index is -0.223. The Morgan fingerprint density at radius 3 is 2.90 bits per heavy atom. The predicted molar refractivity (Wildman–Crippen MR) is 75.9 cm³/mol. The zero-order valence-electron chi connectivity index (χ0n) is 11.2. The zero-order chi connectivity index (χ0) is 14.1. The SMILES string of the molecule is O=C(N[C@@H]1CC2CCN(CC2)C1)c1cc(Cl)c(O)cn1. The number of nitrogens with one attached hydrogen (secondary N) is 1. The summed E-state index contributed by atoms with van der Waals surface area (Å²) >= 11 is 5.80. The fraction of sp³-hybridized carbons (Fsp3) is 0.571. The van der Waals surface area contributed by atoms with E-state index in [1.807, 2.05) is 0 Å². The minimum Gasteiger partial charge on any atom is -0.505 e. The Balaban J connectivity index is 1.67. The molecule has 2 bridgehead atoms. The largest absolute Gasteiger partial charge is 0.505 e. The molecular formula is C14H18ClN3O2. The molecule has 0 spiro atoms. The van der Waals surface area contributed by atoms with E-state index in [2.05, 4.69) is 15.2 Å². The molecule has 4 rings (SSSR count). The lowest BCUT2D eigenvalue weighted by atomic mass is 9.94. The molecular weight excluding hydrogens is 278 g/mol. The Morgan fingerprint density at radius 2 is 2.20 bits per heavy atom. The summed E-state index contributed by atoms with van der Waals surface area (Å²) in [5.74, 6) is 0.386. The van der Waals surface area contributed by atoms with Gasteiger partial charge in [-0.25, -0.2) is 4.98 Å². The quantitative estimate of drug-likeness (QED) is 0.871. The number of pyridine rings is 1. The fourth-order valence-electron chi connectivity index (χ4n) is 3.10. The molecule has 1 atom stereocenters. The van der Waals surface area contributed by atoms with Crippen LogP contribution in [0.25, 0.3) is 0 Å². The van der Waals surface area contributed by atoms with Crippen LogP contribution in [0.3, 0.4) is 0 Å². The number of amides is 1. The van der Waals surface area contributed by atoms with Gasteiger partial charge in [-0.05, 0) is 44.3 Å². The van der Waals surface area contributed by atoms with Gasteiger partial charge in [-0.2, -0.15) is 0 Å². The summed E-state index contributed by atoms with van der Waals surface area (Å²) in [6, 6.07) is 1.57. The van der Waals surface area contributed by atoms with E-state index < -0.39 is 0 Å². The number of aromatic hydroxyl groups is 1. The summed E-state index contributed by atoms with van der Waals surface area (Å²) in [6.07, 6.45) is 4.71. The number of fused-ring (bicyclic) bond motifs is 4. The van der Waals surface area contributed by atoms with Crippen LogP contribution in [0.5, 0.6) is 5.75 Å². The monoisotopic (exact) mass is 295 g/mol. The molecule has 5 nitrogen and oxygen atoms in total. The van der Waals surface area contributed by atoms with Crippen LogP contribution in [0, 0.1) is 5.92 Å². The summed E-state index contributed by atoms with van der Waals surface area (Å²) in [5.41, 5.74) is 0.249. The maximum absolute atomic E-state index is 12.2. The number of nitrogens with zero attached hydrogens (tertiary/aromatic N) is 2. The molecule has 20 heavy (non-hydrogen) atoms. The second-order valence-electron chi connectivity index (χ2n) is 5.67. The molecule has 108 valence electrons. The van der Waals surface area contributed by atoms with E-state index in [0.717, 1.165) is 32.0 Å². The Labute approximate surface area is 122 Å². The van der Waals surface area contributed by atoms with Crippen molar-refractivity contribution in [2.24, 2.45) is 5.92 Å². The van der Waals surface area contributed by atoms with Gasteiger partial charge < -0.3 is 15.3 Å². The standard InChI is InChI=1S/C14H18ClN3O2/c15-11-6-12(16-7-13(11)19)14(20)17-10-5-9-1-3-18(8-10)4-2-9/h6-7,9-10,19H,1-5,8H2,(H,17,20)/t10-/m1/s1. The Bertz CT molecular complexity index is 501. The topological polar surface area (TPSA) is 65.5 Å². The van der Waals surface area contributed by atoms with Gasteiger partial charge in [0.15, 0.2) is 5.75 Å². The number of rotatable bonds is 2. The van der Waals surface area contributed by atoms with Crippen molar-refractivity contribution in [3.8, 4) is 5.75 Å². The van der Waals surface area contributed by atoms with Gasteiger partial charge >= 0.3 is 0 Å². The highest BCUT2D eigenvalue weighted by Gasteiger charge is 2.30. The van der Waals surface area contributed by atoms with Crippen molar-refractivity contribution >= 4 is 17.5 Å². The number of aromatic nitrogens is 1. The third-order valence-electron chi connectivity index (χ3n) is 4.21. The molecule has 3 aliphatic heterocycles. The Kier molecular flexibility index (Phi) is 3.81. The highest BCUT2D eigenvalue weighted by molar-refractivity contribution is 6.32. The highest BCUT2D eigenvalue weighted by atomic mass is 35.5. The van der Waals surface area contributed by atoms with E-state index in [1.54, 1.807) is 0 Å². The predicted octanol–water partition coefficient (Wildman–Crippen LogP) is 1.65. The van der Waals surface area contributed by atoms with Crippen LogP contribution in [-0.4, -0.2) is 46.6 Å². The first kappa shape index (κ1) is 13.6. The van der Waals surface area contributed by atoms with Gasteiger partial charge in [-0.3, -0.25) is 4.79 Å². The molecule has 1 amide bonds. The van der Waals surface area contributed by atoms with E-state index >= 15 is 0 Å². The lowest BCUT2D eigenvalue weighted by Gasteiger charge is -2.26. The lowest BCUT2D eigenvalue weighted by molar-refractivity contribution is 0.0923. The van der Waals surface area contributed by atoms with Crippen molar-refractivity contribution in [2.45, 2.75) is 25.3 Å². The van der Waals surface area contributed by atoms with Crippen molar-refractivity contribution in [1.82, 2.24) is 15.2 Å². The van der Waals surface area contributed by atoms with Crippen molar-refractivity contribution in [1.29, 1.82) is 0 Å². The molecule has 1 aromatic rings. The van der Waals surface area contributed by atoms with Crippen LogP contribution >= 0.6 is 11.6 Å². The van der Waals surface area contributed by atoms with E-state index in [-0.39, 0.29) is 28.4 Å². The van der Waals surface area contributed by atoms with E-state index in [1.165, 1.54) is 25.1 Å². The average molecular weight is 296 g/mol. The second kappa shape index (κ2) is 5.58. The smallest absolute Gasteiger partial charge is 0.270 e. The summed E-state index contributed by atoms with van der Waals surface area (Å²) in [4.78, 5) is 18.5. The third kappa shape index (κ3) is 2.88. The molecule has 3 aliphatic rings. The lowest BCUT2D eigenvalue weighted by Crippen LogP contribution is -2.42. The van der Waals surface area contributed by atoms with Gasteiger partial charge in [-0.15, -0.1) is 0 Å². The van der Waals surface area contributed by atoms with Crippen LogP contribution in [0.4, 0.5) is 0 Å². The minimum absolute atomic E-state index is 0.109. The van der Waals surface area contributed by atoms with Crippen LogP contribution in [0.1, 0.15) is 29.8 Å². The van der Waals surface area contributed by atoms with E-state index in [9.17, 15) is 9.90 Å². The van der Waals surface area contributed by atoms with Gasteiger partial charge in [0.2, 0.25) is 0 Å². The molecule has 6 heteroatoms. The molecule has 0 aromatic carbocycles. The Morgan fingerprint density at radius 1 is 1.45 bits per heavy atom. The summed E-state index contributed by atoms with van der Waals surface area (Å²) in [7, 11) is 0. The summed E-state index contributed by atoms with van der Waals surface area (Å²) < 4.78 is 0. The van der Waals surface area contributed by atoms with Crippen molar-refractivity contribution in [2.75, 3.05) is 19.6 Å². The van der Waals surface area contributed by atoms with Crippen LogP contribution in [0.15, 0.2) is 12.3 Å². The van der Waals surface area contributed by atoms with Gasteiger partial charge in [-0.1, -0.05) is 11.6 Å². The van der Waals surface area contributed by atoms with Crippen molar-refractivity contribution in [3.05, 3.63) is 23.0 Å². The molecule has 4 heterocycles. The second-order valence-corrected chi connectivity index (χ2v) is 6.08. The number of carbonyl (C=O) groups is 1. The molecule has 3 saturated heterocycles. The number of piperidine rings is 1. The zero-order valence-corrected chi connectivity index (χ0v) is 11.9. The van der Waals surface area contributed by atoms with Gasteiger partial charge in [0, 0.05) is 12.6 Å². The first-order valence-electron chi connectivity index (χ1n) is 6.99. The van der Waals surface area contributed by atoms with Gasteiger partial charge in [0.05, 0.1) is 11.2 Å². The van der Waals surface area contributed by atoms with Gasteiger partial charge in [0.1, 0.15) is 5.69 Å². The molecule has 1 aromatic heterocycles.